The molecule has 0 bridgehead atoms. The molecule has 0 fully saturated rings. The zero-order valence-electron chi connectivity index (χ0n) is 10.6. The maximum absolute atomic E-state index is 13.1. The van der Waals surface area contributed by atoms with E-state index in [0.717, 1.165) is 0 Å². The molecule has 0 radical (unpaired) electrons. The molecule has 1 rings (SSSR count). The molecule has 1 aromatic carbocycles. The van der Waals surface area contributed by atoms with E-state index in [1.54, 1.807) is 0 Å². The van der Waals surface area contributed by atoms with E-state index in [9.17, 15) is 56.9 Å². The molecule has 0 aliphatic heterocycles. The van der Waals surface area contributed by atoms with Crippen molar-refractivity contribution >= 4 is 10.1 Å². The van der Waals surface area contributed by atoms with Crippen molar-refractivity contribution in [1.82, 2.24) is 0 Å². The Bertz CT molecular complexity index is 688. The quantitative estimate of drug-likeness (QED) is 0.578. The molecular formula is C10H3F10O3S-. The van der Waals surface area contributed by atoms with Gasteiger partial charge in [0.2, 0.25) is 0 Å². The van der Waals surface area contributed by atoms with Crippen molar-refractivity contribution in [2.45, 2.75) is 29.1 Å². The molecule has 0 amide bonds. The van der Waals surface area contributed by atoms with Crippen LogP contribution in [0.5, 0.6) is 0 Å². The van der Waals surface area contributed by atoms with E-state index in [1.807, 2.05) is 0 Å². The molecule has 0 heterocycles. The Morgan fingerprint density at radius 2 is 0.958 bits per heavy atom. The van der Waals surface area contributed by atoms with E-state index in [-0.39, 0.29) is 0 Å². The molecule has 0 aliphatic rings. The van der Waals surface area contributed by atoms with Gasteiger partial charge in [0.05, 0.1) is 4.90 Å². The number of benzene rings is 1. The molecular weight excluding hydrogens is 390 g/mol. The van der Waals surface area contributed by atoms with Crippen molar-refractivity contribution in [3.05, 3.63) is 29.3 Å². The molecule has 0 atom stereocenters. The summed E-state index contributed by atoms with van der Waals surface area (Å²) in [4.78, 5) is -2.09. The predicted octanol–water partition coefficient (Wildman–Crippen LogP) is 3.90. The summed E-state index contributed by atoms with van der Waals surface area (Å²) in [5.74, 6) is -12.0. The lowest BCUT2D eigenvalue weighted by molar-refractivity contribution is -0.292. The minimum atomic E-state index is -6.44. The molecule has 14 heteroatoms. The van der Waals surface area contributed by atoms with Gasteiger partial charge in [0, 0.05) is 11.1 Å². The molecule has 0 aromatic heterocycles. The summed E-state index contributed by atoms with van der Waals surface area (Å²) >= 11 is 0. The van der Waals surface area contributed by atoms with Gasteiger partial charge in [0.1, 0.15) is 10.1 Å². The van der Waals surface area contributed by atoms with Crippen molar-refractivity contribution in [2.75, 3.05) is 0 Å². The monoisotopic (exact) mass is 393 g/mol. The Morgan fingerprint density at radius 3 is 1.17 bits per heavy atom. The lowest BCUT2D eigenvalue weighted by Crippen LogP contribution is -2.36. The Morgan fingerprint density at radius 1 is 0.667 bits per heavy atom. The molecule has 3 nitrogen and oxygen atoms in total. The second-order valence-electron chi connectivity index (χ2n) is 4.34. The third-order valence-electron chi connectivity index (χ3n) is 2.63. The van der Waals surface area contributed by atoms with E-state index in [2.05, 4.69) is 0 Å². The zero-order chi connectivity index (χ0) is 19.4. The summed E-state index contributed by atoms with van der Waals surface area (Å²) in [6.07, 6.45) is -12.9. The van der Waals surface area contributed by atoms with Crippen LogP contribution in [-0.2, 0) is 22.0 Å². The van der Waals surface area contributed by atoms with Crippen LogP contribution in [0, 0.1) is 0 Å². The first-order chi connectivity index (χ1) is 10.3. The summed E-state index contributed by atoms with van der Waals surface area (Å²) in [5, 5.41) is 0. The SMILES string of the molecule is O=S(=O)([O-])c1cc(C(F)(F)C(F)(F)F)cc(C(F)(F)C(F)(F)F)c1. The molecule has 0 unspecified atom stereocenters. The zero-order valence-corrected chi connectivity index (χ0v) is 11.5. The summed E-state index contributed by atoms with van der Waals surface area (Å²) in [6.45, 7) is 0. The number of halogens is 10. The van der Waals surface area contributed by atoms with Crippen LogP contribution in [0.4, 0.5) is 43.9 Å². The molecule has 138 valence electrons. The Labute approximate surface area is 126 Å². The Hall–Kier alpha value is -1.57. The molecule has 0 aliphatic carbocycles. The lowest BCUT2D eigenvalue weighted by Gasteiger charge is -2.25. The van der Waals surface area contributed by atoms with Crippen LogP contribution in [0.3, 0.4) is 0 Å². The third kappa shape index (κ3) is 3.58. The third-order valence-corrected chi connectivity index (χ3v) is 3.45. The van der Waals surface area contributed by atoms with Crippen LogP contribution >= 0.6 is 0 Å². The van der Waals surface area contributed by atoms with Crippen LogP contribution in [0.2, 0.25) is 0 Å². The average Bonchev–Trinajstić information content (AvgIpc) is 2.34. The van der Waals surface area contributed by atoms with Gasteiger partial charge in [-0.3, -0.25) is 0 Å². The van der Waals surface area contributed by atoms with Crippen LogP contribution in [0.25, 0.3) is 0 Å². The van der Waals surface area contributed by atoms with Gasteiger partial charge in [0.25, 0.3) is 0 Å². The highest BCUT2D eigenvalue weighted by atomic mass is 32.2. The Kier molecular flexibility index (Phi) is 4.67. The van der Waals surface area contributed by atoms with Gasteiger partial charge in [-0.05, 0) is 18.2 Å². The molecule has 0 saturated carbocycles. The summed E-state index contributed by atoms with van der Waals surface area (Å²) in [7, 11) is -5.91. The number of rotatable bonds is 3. The van der Waals surface area contributed by atoms with Gasteiger partial charge in [-0.15, -0.1) is 0 Å². The fourth-order valence-corrected chi connectivity index (χ4v) is 1.98. The minimum absolute atomic E-state index is 0.619. The standard InChI is InChI=1S/C10H4F10O3S/c11-7(12,9(15,16)17)4-1-5(8(13,14)10(18,19)20)3-6(2-4)24(21,22)23/h1-3H,(H,21,22,23)/p-1. The summed E-state index contributed by atoms with van der Waals surface area (Å²) in [6, 6.07) is -2.10. The van der Waals surface area contributed by atoms with Crippen molar-refractivity contribution in [3.63, 3.8) is 0 Å². The predicted molar refractivity (Wildman–Crippen MR) is 54.3 cm³/mol. The van der Waals surface area contributed by atoms with Gasteiger partial charge < -0.3 is 4.55 Å². The summed E-state index contributed by atoms with van der Waals surface area (Å²) in [5.41, 5.74) is -5.10. The van der Waals surface area contributed by atoms with Crippen LogP contribution in [0.15, 0.2) is 23.1 Å². The van der Waals surface area contributed by atoms with Crippen molar-refractivity contribution in [2.24, 2.45) is 0 Å². The van der Waals surface area contributed by atoms with Crippen molar-refractivity contribution in [1.29, 1.82) is 0 Å². The van der Waals surface area contributed by atoms with Crippen LogP contribution in [0.1, 0.15) is 11.1 Å². The van der Waals surface area contributed by atoms with Crippen molar-refractivity contribution < 1.29 is 56.9 Å². The average molecular weight is 393 g/mol. The molecule has 24 heavy (non-hydrogen) atoms. The van der Waals surface area contributed by atoms with Crippen LogP contribution < -0.4 is 0 Å². The molecule has 0 saturated heterocycles. The molecule has 1 aromatic rings. The van der Waals surface area contributed by atoms with Gasteiger partial charge in [-0.25, -0.2) is 8.42 Å². The first-order valence-corrected chi connectivity index (χ1v) is 6.73. The topological polar surface area (TPSA) is 57.2 Å². The van der Waals surface area contributed by atoms with E-state index in [4.69, 9.17) is 0 Å². The largest absolute Gasteiger partial charge is 0.744 e. The lowest BCUT2D eigenvalue weighted by atomic mass is 10.0. The maximum atomic E-state index is 13.1. The molecule has 0 N–H and O–H groups in total. The van der Waals surface area contributed by atoms with E-state index in [0.29, 0.717) is 0 Å². The van der Waals surface area contributed by atoms with E-state index in [1.165, 1.54) is 0 Å². The minimum Gasteiger partial charge on any atom is -0.744 e. The smallest absolute Gasteiger partial charge is 0.458 e. The van der Waals surface area contributed by atoms with Gasteiger partial charge in [-0.2, -0.15) is 43.9 Å². The highest BCUT2D eigenvalue weighted by molar-refractivity contribution is 7.85. The van der Waals surface area contributed by atoms with E-state index < -0.39 is 68.5 Å². The van der Waals surface area contributed by atoms with Gasteiger partial charge in [0.15, 0.2) is 0 Å². The fourth-order valence-electron chi connectivity index (χ4n) is 1.43. The van der Waals surface area contributed by atoms with Crippen LogP contribution in [-0.4, -0.2) is 25.3 Å². The fraction of sp³-hybridized carbons (Fsp3) is 0.400. The van der Waals surface area contributed by atoms with Crippen molar-refractivity contribution in [3.8, 4) is 0 Å². The summed E-state index contributed by atoms with van der Waals surface area (Å²) < 4.78 is 158. The number of hydrogen-bond acceptors (Lipinski definition) is 3. The normalized spacial score (nSPS) is 14.8. The Balaban J connectivity index is 3.81. The second-order valence-corrected chi connectivity index (χ2v) is 5.72. The highest BCUT2D eigenvalue weighted by Crippen LogP contribution is 2.48. The molecule has 0 spiro atoms. The number of alkyl halides is 10. The second kappa shape index (κ2) is 5.47. The van der Waals surface area contributed by atoms with E-state index >= 15 is 0 Å². The first-order valence-electron chi connectivity index (χ1n) is 5.33. The number of hydrogen-bond donors (Lipinski definition) is 0. The highest BCUT2D eigenvalue weighted by Gasteiger charge is 2.62. The van der Waals surface area contributed by atoms with Gasteiger partial charge >= 0.3 is 24.2 Å². The first kappa shape index (κ1) is 20.5. The maximum Gasteiger partial charge on any atom is 0.458 e. The van der Waals surface area contributed by atoms with Gasteiger partial charge in [-0.1, -0.05) is 0 Å².